The normalized spacial score (nSPS) is 16.6. The summed E-state index contributed by atoms with van der Waals surface area (Å²) < 4.78 is 0. The van der Waals surface area contributed by atoms with Crippen LogP contribution in [-0.4, -0.2) is 53.9 Å². The van der Waals surface area contributed by atoms with Gasteiger partial charge in [0.25, 0.3) is 0 Å². The van der Waals surface area contributed by atoms with Gasteiger partial charge in [-0.15, -0.1) is 0 Å². The predicted octanol–water partition coefficient (Wildman–Crippen LogP) is 1.91. The van der Waals surface area contributed by atoms with Gasteiger partial charge in [-0.2, -0.15) is 0 Å². The summed E-state index contributed by atoms with van der Waals surface area (Å²) in [6.45, 7) is 2.10. The molecule has 122 valence electrons. The smallest absolute Gasteiger partial charge is 0.228 e. The van der Waals surface area contributed by atoms with Gasteiger partial charge in [0, 0.05) is 18.5 Å². The SMILES string of the molecule is CN1CCC(N(C)C(=O)Cc2ccc3cccc(N)c3n2)CC1. The second-order valence-corrected chi connectivity index (χ2v) is 6.44. The molecule has 1 amide bonds. The Labute approximate surface area is 137 Å². The second kappa shape index (κ2) is 6.54. The number of likely N-dealkylation sites (N-methyl/N-ethyl adjacent to an activating group) is 1. The molecule has 1 aliphatic rings. The van der Waals surface area contributed by atoms with E-state index in [0.29, 0.717) is 18.2 Å². The summed E-state index contributed by atoms with van der Waals surface area (Å²) in [5.74, 6) is 0.126. The third-order valence-electron chi connectivity index (χ3n) is 4.77. The Morgan fingerprint density at radius 2 is 2.04 bits per heavy atom. The minimum absolute atomic E-state index is 0.126. The molecule has 5 nitrogen and oxygen atoms in total. The number of fused-ring (bicyclic) bond motifs is 1. The minimum atomic E-state index is 0.126. The maximum absolute atomic E-state index is 12.6. The van der Waals surface area contributed by atoms with Crippen LogP contribution < -0.4 is 5.73 Å². The minimum Gasteiger partial charge on any atom is -0.397 e. The Morgan fingerprint density at radius 3 is 2.78 bits per heavy atom. The molecule has 2 heterocycles. The molecule has 0 saturated carbocycles. The Morgan fingerprint density at radius 1 is 1.30 bits per heavy atom. The quantitative estimate of drug-likeness (QED) is 0.880. The largest absolute Gasteiger partial charge is 0.397 e. The van der Waals surface area contributed by atoms with Crippen LogP contribution in [0.1, 0.15) is 18.5 Å². The first-order valence-electron chi connectivity index (χ1n) is 8.13. The van der Waals surface area contributed by atoms with Crippen LogP contribution in [0, 0.1) is 0 Å². The van der Waals surface area contributed by atoms with Crippen LogP contribution in [-0.2, 0) is 11.2 Å². The molecule has 3 rings (SSSR count). The monoisotopic (exact) mass is 312 g/mol. The lowest BCUT2D eigenvalue weighted by molar-refractivity contribution is -0.132. The molecule has 0 spiro atoms. The summed E-state index contributed by atoms with van der Waals surface area (Å²) >= 11 is 0. The number of rotatable bonds is 3. The molecule has 2 aromatic rings. The number of carbonyl (C=O) groups excluding carboxylic acids is 1. The van der Waals surface area contributed by atoms with E-state index in [1.54, 1.807) is 0 Å². The average molecular weight is 312 g/mol. The van der Waals surface area contributed by atoms with Crippen LogP contribution in [0.15, 0.2) is 30.3 Å². The third kappa shape index (κ3) is 3.45. The van der Waals surface area contributed by atoms with Crippen molar-refractivity contribution in [3.63, 3.8) is 0 Å². The van der Waals surface area contributed by atoms with E-state index >= 15 is 0 Å². The van der Waals surface area contributed by atoms with Crippen LogP contribution >= 0.6 is 0 Å². The summed E-state index contributed by atoms with van der Waals surface area (Å²) in [6.07, 6.45) is 2.40. The zero-order valence-electron chi connectivity index (χ0n) is 13.8. The van der Waals surface area contributed by atoms with Crippen molar-refractivity contribution in [1.82, 2.24) is 14.8 Å². The highest BCUT2D eigenvalue weighted by Crippen LogP contribution is 2.20. The Bertz CT molecular complexity index is 707. The maximum Gasteiger partial charge on any atom is 0.228 e. The molecule has 1 fully saturated rings. The number of nitrogens with zero attached hydrogens (tertiary/aromatic N) is 3. The summed E-state index contributed by atoms with van der Waals surface area (Å²) in [4.78, 5) is 21.3. The number of para-hydroxylation sites is 1. The molecule has 0 atom stereocenters. The van der Waals surface area contributed by atoms with Crippen molar-refractivity contribution < 1.29 is 4.79 Å². The molecule has 0 aliphatic carbocycles. The number of nitrogen functional groups attached to an aromatic ring is 1. The van der Waals surface area contributed by atoms with E-state index in [9.17, 15) is 4.79 Å². The van der Waals surface area contributed by atoms with E-state index < -0.39 is 0 Å². The zero-order valence-corrected chi connectivity index (χ0v) is 13.8. The van der Waals surface area contributed by atoms with Crippen LogP contribution in [0.2, 0.25) is 0 Å². The van der Waals surface area contributed by atoms with E-state index in [0.717, 1.165) is 42.5 Å². The molecule has 1 aliphatic heterocycles. The highest BCUT2D eigenvalue weighted by molar-refractivity contribution is 5.89. The number of anilines is 1. The van der Waals surface area contributed by atoms with Gasteiger partial charge in [0.2, 0.25) is 5.91 Å². The van der Waals surface area contributed by atoms with Crippen molar-refractivity contribution in [3.8, 4) is 0 Å². The van der Waals surface area contributed by atoms with Crippen molar-refractivity contribution >= 4 is 22.5 Å². The molecule has 23 heavy (non-hydrogen) atoms. The molecule has 1 aromatic carbocycles. The first-order chi connectivity index (χ1) is 11.0. The standard InChI is InChI=1S/C18H24N4O/c1-21-10-8-15(9-11-21)22(2)17(23)12-14-7-6-13-4-3-5-16(19)18(13)20-14/h3-7,15H,8-12,19H2,1-2H3. The van der Waals surface area contributed by atoms with Crippen molar-refractivity contribution in [2.24, 2.45) is 0 Å². The molecule has 0 bridgehead atoms. The Hall–Kier alpha value is -2.14. The number of aromatic nitrogens is 1. The van der Waals surface area contributed by atoms with Gasteiger partial charge in [0.1, 0.15) is 0 Å². The van der Waals surface area contributed by atoms with Crippen LogP contribution in [0.4, 0.5) is 5.69 Å². The first kappa shape index (κ1) is 15.7. The third-order valence-corrected chi connectivity index (χ3v) is 4.77. The average Bonchev–Trinajstić information content (AvgIpc) is 2.55. The molecular formula is C18H24N4O. The highest BCUT2D eigenvalue weighted by Gasteiger charge is 2.24. The molecular weight excluding hydrogens is 288 g/mol. The van der Waals surface area contributed by atoms with Gasteiger partial charge < -0.3 is 15.5 Å². The van der Waals surface area contributed by atoms with Crippen molar-refractivity contribution in [3.05, 3.63) is 36.0 Å². The number of piperidine rings is 1. The lowest BCUT2D eigenvalue weighted by Gasteiger charge is -2.35. The molecule has 1 aromatic heterocycles. The number of hydrogen-bond acceptors (Lipinski definition) is 4. The first-order valence-corrected chi connectivity index (χ1v) is 8.13. The van der Waals surface area contributed by atoms with Gasteiger partial charge in [-0.05, 0) is 45.1 Å². The summed E-state index contributed by atoms with van der Waals surface area (Å²) in [5, 5.41) is 1.00. The number of amides is 1. The van der Waals surface area contributed by atoms with Crippen LogP contribution in [0.3, 0.4) is 0 Å². The van der Waals surface area contributed by atoms with Crippen molar-refractivity contribution in [2.75, 3.05) is 32.9 Å². The van der Waals surface area contributed by atoms with E-state index in [1.165, 1.54) is 0 Å². The van der Waals surface area contributed by atoms with Gasteiger partial charge >= 0.3 is 0 Å². The van der Waals surface area contributed by atoms with E-state index in [2.05, 4.69) is 16.9 Å². The Kier molecular flexibility index (Phi) is 4.48. The number of pyridine rings is 1. The molecule has 2 N–H and O–H groups in total. The van der Waals surface area contributed by atoms with Crippen molar-refractivity contribution in [1.29, 1.82) is 0 Å². The molecule has 0 radical (unpaired) electrons. The highest BCUT2D eigenvalue weighted by atomic mass is 16.2. The number of carbonyl (C=O) groups is 1. The van der Waals surface area contributed by atoms with Crippen LogP contribution in [0.5, 0.6) is 0 Å². The van der Waals surface area contributed by atoms with Crippen molar-refractivity contribution in [2.45, 2.75) is 25.3 Å². The summed E-state index contributed by atoms with van der Waals surface area (Å²) in [6, 6.07) is 9.97. The Balaban J connectivity index is 1.71. The predicted molar refractivity (Wildman–Crippen MR) is 93.1 cm³/mol. The van der Waals surface area contributed by atoms with E-state index in [4.69, 9.17) is 5.73 Å². The van der Waals surface area contributed by atoms with Gasteiger partial charge in [-0.3, -0.25) is 9.78 Å². The van der Waals surface area contributed by atoms with Gasteiger partial charge in [-0.1, -0.05) is 18.2 Å². The maximum atomic E-state index is 12.6. The molecule has 0 unspecified atom stereocenters. The van der Waals surface area contributed by atoms with E-state index in [-0.39, 0.29) is 5.91 Å². The fourth-order valence-corrected chi connectivity index (χ4v) is 3.17. The second-order valence-electron chi connectivity index (χ2n) is 6.44. The lowest BCUT2D eigenvalue weighted by Crippen LogP contribution is -2.45. The van der Waals surface area contributed by atoms with Gasteiger partial charge in [0.15, 0.2) is 0 Å². The number of benzene rings is 1. The topological polar surface area (TPSA) is 62.5 Å². The fraction of sp³-hybridized carbons (Fsp3) is 0.444. The molecule has 5 heteroatoms. The number of hydrogen-bond donors (Lipinski definition) is 1. The lowest BCUT2D eigenvalue weighted by atomic mass is 10.0. The summed E-state index contributed by atoms with van der Waals surface area (Å²) in [7, 11) is 4.04. The zero-order chi connectivity index (χ0) is 16.4. The summed E-state index contributed by atoms with van der Waals surface area (Å²) in [5.41, 5.74) is 8.19. The molecule has 1 saturated heterocycles. The number of likely N-dealkylation sites (tertiary alicyclic amines) is 1. The van der Waals surface area contributed by atoms with E-state index in [1.807, 2.05) is 42.3 Å². The van der Waals surface area contributed by atoms with Gasteiger partial charge in [0.05, 0.1) is 23.3 Å². The fourth-order valence-electron chi connectivity index (χ4n) is 3.17. The number of nitrogens with two attached hydrogens (primary N) is 1. The van der Waals surface area contributed by atoms with Crippen LogP contribution in [0.25, 0.3) is 10.9 Å². The van der Waals surface area contributed by atoms with Gasteiger partial charge in [-0.25, -0.2) is 0 Å².